The highest BCUT2D eigenvalue weighted by Crippen LogP contribution is 2.22. The average molecular weight is 270 g/mol. The number of rotatable bonds is 4. The molecule has 1 aromatic heterocycles. The molecule has 0 saturated carbocycles. The van der Waals surface area contributed by atoms with Crippen molar-refractivity contribution in [2.45, 2.75) is 45.7 Å². The lowest BCUT2D eigenvalue weighted by Crippen LogP contribution is -2.34. The summed E-state index contributed by atoms with van der Waals surface area (Å²) in [6, 6.07) is 9.05. The quantitative estimate of drug-likeness (QED) is 0.928. The summed E-state index contributed by atoms with van der Waals surface area (Å²) in [7, 11) is 0. The number of aryl methyl sites for hydroxylation is 1. The molecule has 2 aromatic rings. The maximum Gasteiger partial charge on any atom is 0.150 e. The fourth-order valence-corrected chi connectivity index (χ4v) is 2.83. The van der Waals surface area contributed by atoms with Crippen molar-refractivity contribution < 1.29 is 0 Å². The summed E-state index contributed by atoms with van der Waals surface area (Å²) in [6.45, 7) is 6.31. The molecular formula is C16H22N4. The van der Waals surface area contributed by atoms with E-state index in [0.717, 1.165) is 44.0 Å². The molecule has 1 aromatic carbocycles. The lowest BCUT2D eigenvalue weighted by Gasteiger charge is -2.24. The van der Waals surface area contributed by atoms with Gasteiger partial charge in [-0.15, -0.1) is 10.2 Å². The Morgan fingerprint density at radius 1 is 1.25 bits per heavy atom. The molecule has 0 spiro atoms. The number of nitrogens with zero attached hydrogens (tertiary/aromatic N) is 3. The topological polar surface area (TPSA) is 42.7 Å². The Bertz CT molecular complexity index is 571. The van der Waals surface area contributed by atoms with Crippen molar-refractivity contribution in [2.24, 2.45) is 0 Å². The Hall–Kier alpha value is -1.68. The second kappa shape index (κ2) is 5.75. The molecule has 106 valence electrons. The Kier molecular flexibility index (Phi) is 3.83. The molecular weight excluding hydrogens is 248 g/mol. The molecule has 0 amide bonds. The number of nitrogens with one attached hydrogen (secondary N) is 1. The highest BCUT2D eigenvalue weighted by molar-refractivity contribution is 5.24. The van der Waals surface area contributed by atoms with E-state index in [0.29, 0.717) is 6.04 Å². The van der Waals surface area contributed by atoms with E-state index in [9.17, 15) is 0 Å². The highest BCUT2D eigenvalue weighted by Gasteiger charge is 2.23. The summed E-state index contributed by atoms with van der Waals surface area (Å²) in [5, 5.41) is 12.4. The lowest BCUT2D eigenvalue weighted by atomic mass is 10.1. The van der Waals surface area contributed by atoms with Gasteiger partial charge in [-0.2, -0.15) is 0 Å². The van der Waals surface area contributed by atoms with E-state index in [1.54, 1.807) is 0 Å². The van der Waals surface area contributed by atoms with Crippen LogP contribution in [-0.4, -0.2) is 21.3 Å². The number of aromatic nitrogens is 3. The van der Waals surface area contributed by atoms with Crippen LogP contribution in [0.4, 0.5) is 0 Å². The summed E-state index contributed by atoms with van der Waals surface area (Å²) >= 11 is 0. The second-order valence-electron chi connectivity index (χ2n) is 5.58. The predicted molar refractivity (Wildman–Crippen MR) is 79.7 cm³/mol. The van der Waals surface area contributed by atoms with E-state index in [4.69, 9.17) is 0 Å². The first-order valence-corrected chi connectivity index (χ1v) is 7.49. The van der Waals surface area contributed by atoms with Gasteiger partial charge in [-0.25, -0.2) is 0 Å². The van der Waals surface area contributed by atoms with Crippen LogP contribution in [0, 0.1) is 6.92 Å². The van der Waals surface area contributed by atoms with E-state index in [-0.39, 0.29) is 0 Å². The van der Waals surface area contributed by atoms with Crippen LogP contribution in [0.1, 0.15) is 48.6 Å². The van der Waals surface area contributed by atoms with Crippen LogP contribution in [0.5, 0.6) is 0 Å². The minimum Gasteiger partial charge on any atom is -0.312 e. The standard InChI is InChI=1S/C16H22N4/c1-3-4-14-16-19-18-15(20(16)10-9-17-14)11-13-7-5-12(2)6-8-13/h5-8,14,17H,3-4,9-11H2,1-2H3. The van der Waals surface area contributed by atoms with Gasteiger partial charge in [-0.3, -0.25) is 0 Å². The van der Waals surface area contributed by atoms with Crippen LogP contribution in [0.15, 0.2) is 24.3 Å². The molecule has 20 heavy (non-hydrogen) atoms. The fourth-order valence-electron chi connectivity index (χ4n) is 2.83. The van der Waals surface area contributed by atoms with Crippen LogP contribution in [-0.2, 0) is 13.0 Å². The molecule has 4 nitrogen and oxygen atoms in total. The van der Waals surface area contributed by atoms with Crippen molar-refractivity contribution in [3.63, 3.8) is 0 Å². The van der Waals surface area contributed by atoms with E-state index in [1.165, 1.54) is 11.1 Å². The molecule has 3 rings (SSSR count). The van der Waals surface area contributed by atoms with Crippen LogP contribution >= 0.6 is 0 Å². The molecule has 0 saturated heterocycles. The smallest absolute Gasteiger partial charge is 0.150 e. The van der Waals surface area contributed by atoms with Gasteiger partial charge in [0.15, 0.2) is 0 Å². The molecule has 1 atom stereocenters. The molecule has 0 aliphatic carbocycles. The number of hydrogen-bond donors (Lipinski definition) is 1. The lowest BCUT2D eigenvalue weighted by molar-refractivity contribution is 0.388. The number of hydrogen-bond acceptors (Lipinski definition) is 3. The molecule has 4 heteroatoms. The Morgan fingerprint density at radius 3 is 2.80 bits per heavy atom. The maximum absolute atomic E-state index is 4.42. The third-order valence-electron chi connectivity index (χ3n) is 3.95. The molecule has 1 unspecified atom stereocenters. The van der Waals surface area contributed by atoms with Crippen molar-refractivity contribution >= 4 is 0 Å². The van der Waals surface area contributed by atoms with E-state index in [2.05, 4.69) is 58.2 Å². The zero-order valence-electron chi connectivity index (χ0n) is 12.3. The molecule has 0 fully saturated rings. The van der Waals surface area contributed by atoms with Crippen LogP contribution in [0.3, 0.4) is 0 Å². The summed E-state index contributed by atoms with van der Waals surface area (Å²) < 4.78 is 2.30. The van der Waals surface area contributed by atoms with E-state index in [1.807, 2.05) is 0 Å². The summed E-state index contributed by atoms with van der Waals surface area (Å²) in [4.78, 5) is 0. The first-order valence-electron chi connectivity index (χ1n) is 7.49. The molecule has 1 aliphatic heterocycles. The van der Waals surface area contributed by atoms with E-state index >= 15 is 0 Å². The zero-order chi connectivity index (χ0) is 13.9. The van der Waals surface area contributed by atoms with Gasteiger partial charge in [0.2, 0.25) is 0 Å². The van der Waals surface area contributed by atoms with E-state index < -0.39 is 0 Å². The number of benzene rings is 1. The van der Waals surface area contributed by atoms with Gasteiger partial charge >= 0.3 is 0 Å². The predicted octanol–water partition coefficient (Wildman–Crippen LogP) is 2.62. The highest BCUT2D eigenvalue weighted by atomic mass is 15.3. The zero-order valence-corrected chi connectivity index (χ0v) is 12.3. The molecule has 0 radical (unpaired) electrons. The van der Waals surface area contributed by atoms with Crippen LogP contribution < -0.4 is 5.32 Å². The average Bonchev–Trinajstić information content (AvgIpc) is 2.86. The van der Waals surface area contributed by atoms with Gasteiger partial charge in [0.25, 0.3) is 0 Å². The Balaban J connectivity index is 1.83. The van der Waals surface area contributed by atoms with Crippen molar-refractivity contribution in [1.82, 2.24) is 20.1 Å². The first-order chi connectivity index (χ1) is 9.78. The SMILES string of the molecule is CCCC1NCCn2c(Cc3ccc(C)cc3)nnc21. The normalized spacial score (nSPS) is 18.0. The maximum atomic E-state index is 4.42. The minimum atomic E-state index is 0.369. The van der Waals surface area contributed by atoms with Crippen LogP contribution in [0.2, 0.25) is 0 Å². The van der Waals surface area contributed by atoms with Gasteiger partial charge in [0, 0.05) is 19.5 Å². The van der Waals surface area contributed by atoms with Crippen molar-refractivity contribution in [3.05, 3.63) is 47.0 Å². The monoisotopic (exact) mass is 270 g/mol. The van der Waals surface area contributed by atoms with Gasteiger partial charge in [0.05, 0.1) is 6.04 Å². The first kappa shape index (κ1) is 13.3. The Labute approximate surface area is 120 Å². The van der Waals surface area contributed by atoms with Crippen molar-refractivity contribution in [1.29, 1.82) is 0 Å². The summed E-state index contributed by atoms with van der Waals surface area (Å²) in [5.41, 5.74) is 2.60. The third kappa shape index (κ3) is 2.61. The fraction of sp³-hybridized carbons (Fsp3) is 0.500. The van der Waals surface area contributed by atoms with Crippen molar-refractivity contribution in [2.75, 3.05) is 6.54 Å². The summed E-state index contributed by atoms with van der Waals surface area (Å²) in [5.74, 6) is 2.20. The number of fused-ring (bicyclic) bond motifs is 1. The molecule has 1 N–H and O–H groups in total. The summed E-state index contributed by atoms with van der Waals surface area (Å²) in [6.07, 6.45) is 3.16. The van der Waals surface area contributed by atoms with Gasteiger partial charge < -0.3 is 9.88 Å². The van der Waals surface area contributed by atoms with Crippen molar-refractivity contribution in [3.8, 4) is 0 Å². The second-order valence-corrected chi connectivity index (χ2v) is 5.58. The molecule has 2 heterocycles. The third-order valence-corrected chi connectivity index (χ3v) is 3.95. The Morgan fingerprint density at radius 2 is 2.05 bits per heavy atom. The van der Waals surface area contributed by atoms with Gasteiger partial charge in [-0.05, 0) is 18.9 Å². The molecule has 1 aliphatic rings. The largest absolute Gasteiger partial charge is 0.312 e. The minimum absolute atomic E-state index is 0.369. The van der Waals surface area contributed by atoms with Gasteiger partial charge in [0.1, 0.15) is 11.6 Å². The molecule has 0 bridgehead atoms. The van der Waals surface area contributed by atoms with Gasteiger partial charge in [-0.1, -0.05) is 43.2 Å². The van der Waals surface area contributed by atoms with Crippen LogP contribution in [0.25, 0.3) is 0 Å².